The molecule has 11 aromatic carbocycles. The Morgan fingerprint density at radius 1 is 0.483 bits per heavy atom. The van der Waals surface area contributed by atoms with Gasteiger partial charge >= 0.3 is 0 Å². The Balaban J connectivity index is 0.935. The van der Waals surface area contributed by atoms with Crippen LogP contribution in [0.5, 0.6) is 11.5 Å². The average molecular weight is 1150 g/mol. The van der Waals surface area contributed by atoms with Gasteiger partial charge in [-0.05, 0) is 137 Å². The van der Waals surface area contributed by atoms with Gasteiger partial charge in [-0.3, -0.25) is 13.7 Å². The first-order valence-electron chi connectivity index (χ1n) is 33.6. The topological polar surface area (TPSA) is 35.9 Å². The number of fused-ring (bicyclic) bond motifs is 10. The molecule has 0 aliphatic carbocycles. The van der Waals surface area contributed by atoms with Gasteiger partial charge in [-0.25, -0.2) is 4.98 Å². The lowest BCUT2D eigenvalue weighted by Gasteiger charge is -2.34. The molecule has 1 aliphatic heterocycles. The minimum atomic E-state index is -3.08. The van der Waals surface area contributed by atoms with Gasteiger partial charge in [0.05, 0.1) is 40.3 Å². The quantitative estimate of drug-likeness (QED) is 0.0625. The minimum Gasteiger partial charge on any atom is -0.458 e. The zero-order valence-electron chi connectivity index (χ0n) is 57.3. The van der Waals surface area contributed by atoms with Crippen molar-refractivity contribution in [1.29, 1.82) is 0 Å². The van der Waals surface area contributed by atoms with Crippen LogP contribution in [-0.4, -0.2) is 22.2 Å². The summed E-state index contributed by atoms with van der Waals surface area (Å²) in [6.45, 7) is 10.9. The molecule has 15 rings (SSSR count). The molecular weight excluding hydrogens is 1070 g/mol. The van der Waals surface area contributed by atoms with Gasteiger partial charge in [0.15, 0.2) is 8.07 Å². The molecular formula is C81H66N4OSi. The van der Waals surface area contributed by atoms with E-state index >= 15 is 0 Å². The SMILES string of the molecule is [2H]c1c([2H])c([2H])c(-c2cnc(-n3c4ccc([Si](c5ccccc5)(c5ccccc5)c5ccccc5)cc4c4ccc(Oc5cccc(-n6[c-][n+]7c8c(cccc86)-c6ccccc6-c6ccccc6-c6cc(C(C)(C)C)cc(C(C)(C)C)c6-7)c5)cc43)cc2C([2H])([2H])[2H])c([2H])c1[2H]. The van der Waals surface area contributed by atoms with E-state index in [1.165, 1.54) is 44.5 Å². The van der Waals surface area contributed by atoms with Gasteiger partial charge in [-0.15, -0.1) is 0 Å². The third-order valence-corrected chi connectivity index (χ3v) is 22.2. The molecule has 5 nitrogen and oxygen atoms in total. The first kappa shape index (κ1) is 45.3. The first-order chi connectivity index (χ1) is 45.6. The maximum Gasteiger partial charge on any atom is 0.269 e. The summed E-state index contributed by atoms with van der Waals surface area (Å²) < 4.78 is 83.5. The first-order valence-corrected chi connectivity index (χ1v) is 31.6. The van der Waals surface area contributed by atoms with E-state index in [0.29, 0.717) is 17.0 Å². The fourth-order valence-corrected chi connectivity index (χ4v) is 18.1. The molecule has 0 bridgehead atoms. The lowest BCUT2D eigenvalue weighted by molar-refractivity contribution is -0.572. The van der Waals surface area contributed by atoms with Crippen LogP contribution in [0.4, 0.5) is 0 Å². The van der Waals surface area contributed by atoms with Gasteiger partial charge in [-0.1, -0.05) is 260 Å². The van der Waals surface area contributed by atoms with Crippen molar-refractivity contribution in [3.63, 3.8) is 0 Å². The number of pyridine rings is 1. The standard InChI is InChI=1S/C81H66N4OSi/c1-54-46-77(82-52-72(54)55-26-12-8-13-27-55)85-74-45-43-63(87(60-30-14-9-15-31-60,61-32-16-10-17-33-61)62-34-18-11-19-35-62)51-70(74)68-44-42-59(50-76(68)85)86-58-29-24-28-57(49-58)83-53-84-78-71(47-56(80(2,3)4)48-73(78)81(5,6)7)67-39-23-21-37-65(67)64-36-20-22-38-66(64)69-40-25-41-75(83)79(69)84/h8-52H,1-7H3/i1D3,8D,12D,13D,26D,27D. The highest BCUT2D eigenvalue weighted by Crippen LogP contribution is 2.47. The zero-order chi connectivity index (χ0) is 66.0. The average Bonchev–Trinajstić information content (AvgIpc) is 1.65. The Morgan fingerprint density at radius 3 is 1.71 bits per heavy atom. The second-order valence-corrected chi connectivity index (χ2v) is 28.5. The van der Waals surface area contributed by atoms with Crippen LogP contribution < -0.4 is 30.1 Å². The van der Waals surface area contributed by atoms with Gasteiger partial charge < -0.3 is 4.74 Å². The molecule has 1 aliphatic rings. The lowest BCUT2D eigenvalue weighted by Crippen LogP contribution is -2.74. The third kappa shape index (κ3) is 8.96. The molecule has 0 saturated carbocycles. The van der Waals surface area contributed by atoms with Crippen LogP contribution in [0.2, 0.25) is 0 Å². The molecule has 0 fully saturated rings. The van der Waals surface area contributed by atoms with Crippen LogP contribution >= 0.6 is 0 Å². The predicted octanol–water partition coefficient (Wildman–Crippen LogP) is 17.3. The van der Waals surface area contributed by atoms with Crippen molar-refractivity contribution < 1.29 is 20.3 Å². The smallest absolute Gasteiger partial charge is 0.269 e. The molecule has 0 atom stereocenters. The summed E-state index contributed by atoms with van der Waals surface area (Å²) in [7, 11) is -3.08. The molecule has 87 heavy (non-hydrogen) atoms. The maximum absolute atomic E-state index is 8.95. The molecule has 420 valence electrons. The van der Waals surface area contributed by atoms with Crippen molar-refractivity contribution in [3.8, 4) is 73.2 Å². The Hall–Kier alpha value is -10.1. The molecule has 4 heterocycles. The third-order valence-electron chi connectivity index (χ3n) is 17.4. The van der Waals surface area contributed by atoms with Gasteiger partial charge in [0.2, 0.25) is 0 Å². The Labute approximate surface area is 522 Å². The summed E-state index contributed by atoms with van der Waals surface area (Å²) in [4.78, 5) is 4.98. The molecule has 0 unspecified atom stereocenters. The number of benzene rings is 11. The maximum atomic E-state index is 8.95. The van der Waals surface area contributed by atoms with Crippen LogP contribution in [0, 0.1) is 13.2 Å². The number of hydrogen-bond acceptors (Lipinski definition) is 2. The molecule has 0 saturated heterocycles. The fourth-order valence-electron chi connectivity index (χ4n) is 13.3. The molecule has 0 amide bonds. The van der Waals surface area contributed by atoms with Crippen LogP contribution in [0.3, 0.4) is 0 Å². The molecule has 0 spiro atoms. The largest absolute Gasteiger partial charge is 0.458 e. The summed E-state index contributed by atoms with van der Waals surface area (Å²) >= 11 is 0. The van der Waals surface area contributed by atoms with E-state index in [1.807, 2.05) is 59.2 Å². The van der Waals surface area contributed by atoms with E-state index in [0.717, 1.165) is 71.7 Å². The molecule has 0 N–H and O–H groups in total. The Morgan fingerprint density at radius 2 is 1.08 bits per heavy atom. The Bertz CT molecular complexity index is 5290. The number of nitrogens with zero attached hydrogens (tertiary/aromatic N) is 4. The van der Waals surface area contributed by atoms with Crippen molar-refractivity contribution in [2.75, 3.05) is 0 Å². The highest BCUT2D eigenvalue weighted by molar-refractivity contribution is 7.20. The number of imidazole rings is 1. The van der Waals surface area contributed by atoms with Crippen LogP contribution in [0.1, 0.15) is 69.2 Å². The van der Waals surface area contributed by atoms with Gasteiger partial charge in [0.1, 0.15) is 17.3 Å². The zero-order valence-corrected chi connectivity index (χ0v) is 50.3. The predicted molar refractivity (Wildman–Crippen MR) is 363 cm³/mol. The summed E-state index contributed by atoms with van der Waals surface area (Å²) in [5.41, 5.74) is 13.5. The van der Waals surface area contributed by atoms with E-state index in [-0.39, 0.29) is 33.3 Å². The van der Waals surface area contributed by atoms with Crippen LogP contribution in [-0.2, 0) is 10.8 Å². The second kappa shape index (κ2) is 20.8. The molecule has 6 heteroatoms. The Kier molecular flexibility index (Phi) is 10.8. The normalized spacial score (nSPS) is 13.8. The van der Waals surface area contributed by atoms with Gasteiger partial charge in [0, 0.05) is 32.7 Å². The van der Waals surface area contributed by atoms with Crippen molar-refractivity contribution >= 4 is 61.7 Å². The number of para-hydroxylation sites is 1. The number of aryl methyl sites for hydroxylation is 1. The number of aromatic nitrogens is 4. The van der Waals surface area contributed by atoms with Gasteiger partial charge in [-0.2, -0.15) is 0 Å². The van der Waals surface area contributed by atoms with E-state index in [4.69, 9.17) is 20.7 Å². The minimum absolute atomic E-state index is 0.0802. The van der Waals surface area contributed by atoms with Crippen molar-refractivity contribution in [3.05, 3.63) is 296 Å². The van der Waals surface area contributed by atoms with Gasteiger partial charge in [0.25, 0.3) is 6.33 Å². The highest BCUT2D eigenvalue weighted by Gasteiger charge is 2.42. The molecule has 14 aromatic rings. The summed E-state index contributed by atoms with van der Waals surface area (Å²) in [5, 5.41) is 6.46. The molecule has 3 aromatic heterocycles. The van der Waals surface area contributed by atoms with E-state index in [9.17, 15) is 0 Å². The van der Waals surface area contributed by atoms with Crippen LogP contribution in [0.25, 0.3) is 94.5 Å². The van der Waals surface area contributed by atoms with E-state index in [2.05, 4.69) is 233 Å². The fraction of sp³-hybridized carbons (Fsp3) is 0.111. The second-order valence-electron chi connectivity index (χ2n) is 24.7. The van der Waals surface area contributed by atoms with Crippen molar-refractivity contribution in [1.82, 2.24) is 14.1 Å². The van der Waals surface area contributed by atoms with E-state index < -0.39 is 45.1 Å². The molecule has 0 radical (unpaired) electrons. The highest BCUT2D eigenvalue weighted by atomic mass is 28.3. The summed E-state index contributed by atoms with van der Waals surface area (Å²) in [6, 6.07) is 80.2. The number of rotatable bonds is 9. The monoisotopic (exact) mass is 1150 g/mol. The van der Waals surface area contributed by atoms with Crippen molar-refractivity contribution in [2.24, 2.45) is 0 Å². The lowest BCUT2D eigenvalue weighted by atomic mass is 9.77. The number of ether oxygens (including phenoxy) is 1. The summed E-state index contributed by atoms with van der Waals surface area (Å²) in [6.07, 6.45) is 5.28. The summed E-state index contributed by atoms with van der Waals surface area (Å²) in [5.74, 6) is 1.31. The van der Waals surface area contributed by atoms with E-state index in [1.54, 1.807) is 0 Å². The van der Waals surface area contributed by atoms with Crippen LogP contribution in [0.15, 0.2) is 273 Å². The number of hydrogen-bond donors (Lipinski definition) is 0. The van der Waals surface area contributed by atoms with Crippen molar-refractivity contribution in [2.45, 2.75) is 59.2 Å².